The summed E-state index contributed by atoms with van der Waals surface area (Å²) >= 11 is 5.99. The minimum absolute atomic E-state index is 0.108. The van der Waals surface area contributed by atoms with Crippen LogP contribution >= 0.6 is 11.6 Å². The molecule has 0 radical (unpaired) electrons. The highest BCUT2D eigenvalue weighted by molar-refractivity contribution is 6.30. The van der Waals surface area contributed by atoms with E-state index in [-0.39, 0.29) is 28.8 Å². The minimum Gasteiger partial charge on any atom is -0.460 e. The van der Waals surface area contributed by atoms with Crippen LogP contribution in [-0.4, -0.2) is 34.1 Å². The highest BCUT2D eigenvalue weighted by atomic mass is 35.5. The summed E-state index contributed by atoms with van der Waals surface area (Å²) in [6.07, 6.45) is 3.87. The van der Waals surface area contributed by atoms with Gasteiger partial charge in [0, 0.05) is 12.6 Å². The molecule has 1 aromatic rings. The van der Waals surface area contributed by atoms with Crippen molar-refractivity contribution in [1.82, 2.24) is 9.97 Å². The number of rotatable bonds is 3. The second-order valence-corrected chi connectivity index (χ2v) is 7.46. The molecule has 0 aliphatic carbocycles. The number of nitriles is 1. The molecule has 2 rings (SSSR count). The smallest absolute Gasteiger partial charge is 0.306 e. The van der Waals surface area contributed by atoms with E-state index in [0.29, 0.717) is 12.2 Å². The number of piperidine rings is 1. The number of hydrogen-bond acceptors (Lipinski definition) is 6. The van der Waals surface area contributed by atoms with E-state index in [1.54, 1.807) is 6.20 Å². The van der Waals surface area contributed by atoms with Crippen molar-refractivity contribution >= 4 is 23.4 Å². The molecule has 2 heterocycles. The Kier molecular flexibility index (Phi) is 5.66. The molecule has 0 unspecified atom stereocenters. The van der Waals surface area contributed by atoms with Gasteiger partial charge < -0.3 is 9.64 Å². The molecule has 2 atom stereocenters. The van der Waals surface area contributed by atoms with Gasteiger partial charge in [-0.1, -0.05) is 11.6 Å². The zero-order valence-electron chi connectivity index (χ0n) is 14.5. The Morgan fingerprint density at radius 3 is 2.83 bits per heavy atom. The molecule has 7 heteroatoms. The third kappa shape index (κ3) is 4.57. The Bertz CT molecular complexity index is 651. The molecular formula is C17H23ClN4O2. The lowest BCUT2D eigenvalue weighted by Gasteiger charge is -2.40. The summed E-state index contributed by atoms with van der Waals surface area (Å²) in [5.74, 6) is 0.648. The van der Waals surface area contributed by atoms with E-state index in [1.807, 2.05) is 26.8 Å². The normalized spacial score (nSPS) is 21.2. The molecule has 0 bridgehead atoms. The number of anilines is 1. The van der Waals surface area contributed by atoms with Crippen LogP contribution in [-0.2, 0) is 9.53 Å². The largest absolute Gasteiger partial charge is 0.460 e. The number of ether oxygens (including phenoxy) is 1. The second-order valence-electron chi connectivity index (χ2n) is 7.11. The summed E-state index contributed by atoms with van der Waals surface area (Å²) in [7, 11) is 0. The highest BCUT2D eigenvalue weighted by Gasteiger charge is 2.32. The van der Waals surface area contributed by atoms with E-state index in [1.165, 1.54) is 0 Å². The van der Waals surface area contributed by atoms with Gasteiger partial charge in [-0.25, -0.2) is 9.97 Å². The Labute approximate surface area is 147 Å². The standard InChI is InChI=1S/C17H23ClN4O2/c1-11-12(8-15(23)24-17(2,3)4)6-5-7-22(11)14-10-20-13(9-19)16(18)21-14/h10-12H,5-8H2,1-4H3/t11-,12+/m1/s1. The van der Waals surface area contributed by atoms with Gasteiger partial charge in [-0.2, -0.15) is 5.26 Å². The molecule has 1 fully saturated rings. The lowest BCUT2D eigenvalue weighted by Crippen LogP contribution is -2.45. The van der Waals surface area contributed by atoms with Crippen molar-refractivity contribution in [3.8, 4) is 6.07 Å². The summed E-state index contributed by atoms with van der Waals surface area (Å²) in [5, 5.41) is 9.01. The molecule has 0 amide bonds. The van der Waals surface area contributed by atoms with Crippen LogP contribution < -0.4 is 4.90 Å². The molecule has 130 valence electrons. The quantitative estimate of drug-likeness (QED) is 0.778. The molecule has 24 heavy (non-hydrogen) atoms. The summed E-state index contributed by atoms with van der Waals surface area (Å²) in [6.45, 7) is 8.51. The number of aromatic nitrogens is 2. The maximum atomic E-state index is 12.1. The van der Waals surface area contributed by atoms with Gasteiger partial charge in [0.05, 0.1) is 12.6 Å². The van der Waals surface area contributed by atoms with Crippen molar-refractivity contribution in [2.24, 2.45) is 5.92 Å². The maximum absolute atomic E-state index is 12.1. The van der Waals surface area contributed by atoms with Crippen LogP contribution in [0.2, 0.25) is 5.15 Å². The molecule has 1 aliphatic rings. The van der Waals surface area contributed by atoms with Crippen molar-refractivity contribution in [3.05, 3.63) is 17.0 Å². The SMILES string of the molecule is C[C@@H]1[C@H](CC(=O)OC(C)(C)C)CCCN1c1cnc(C#N)c(Cl)n1. The van der Waals surface area contributed by atoms with Crippen LogP contribution in [0.1, 0.15) is 52.7 Å². The van der Waals surface area contributed by atoms with Crippen LogP contribution in [0.5, 0.6) is 0 Å². The zero-order valence-corrected chi connectivity index (χ0v) is 15.3. The first kappa shape index (κ1) is 18.5. The minimum atomic E-state index is -0.471. The van der Waals surface area contributed by atoms with E-state index < -0.39 is 5.60 Å². The fraction of sp³-hybridized carbons (Fsp3) is 0.647. The average Bonchev–Trinajstić information content (AvgIpc) is 2.47. The van der Waals surface area contributed by atoms with E-state index in [9.17, 15) is 4.79 Å². The molecular weight excluding hydrogens is 328 g/mol. The monoisotopic (exact) mass is 350 g/mol. The van der Waals surface area contributed by atoms with Gasteiger partial charge in [0.15, 0.2) is 10.8 Å². The second kappa shape index (κ2) is 7.35. The van der Waals surface area contributed by atoms with Crippen LogP contribution in [0.15, 0.2) is 6.20 Å². The third-order valence-electron chi connectivity index (χ3n) is 4.11. The Hall–Kier alpha value is -1.87. The number of esters is 1. The Morgan fingerprint density at radius 2 is 2.25 bits per heavy atom. The van der Waals surface area contributed by atoms with Gasteiger partial charge in [0.1, 0.15) is 17.5 Å². The Morgan fingerprint density at radius 1 is 1.54 bits per heavy atom. The van der Waals surface area contributed by atoms with Crippen molar-refractivity contribution in [3.63, 3.8) is 0 Å². The molecule has 0 N–H and O–H groups in total. The van der Waals surface area contributed by atoms with Gasteiger partial charge in [0.25, 0.3) is 0 Å². The number of halogens is 1. The van der Waals surface area contributed by atoms with Gasteiger partial charge in [-0.3, -0.25) is 4.79 Å². The number of carbonyl (C=O) groups excluding carboxylic acids is 1. The van der Waals surface area contributed by atoms with E-state index in [4.69, 9.17) is 21.6 Å². The lowest BCUT2D eigenvalue weighted by molar-refractivity contribution is -0.156. The molecule has 1 saturated heterocycles. The maximum Gasteiger partial charge on any atom is 0.306 e. The van der Waals surface area contributed by atoms with Crippen LogP contribution in [0.3, 0.4) is 0 Å². The zero-order chi connectivity index (χ0) is 17.9. The number of hydrogen-bond donors (Lipinski definition) is 0. The van der Waals surface area contributed by atoms with Gasteiger partial charge in [-0.05, 0) is 46.5 Å². The van der Waals surface area contributed by atoms with Crippen LogP contribution in [0.25, 0.3) is 0 Å². The molecule has 6 nitrogen and oxygen atoms in total. The lowest BCUT2D eigenvalue weighted by atomic mass is 9.87. The van der Waals surface area contributed by atoms with Crippen molar-refractivity contribution in [2.75, 3.05) is 11.4 Å². The predicted molar refractivity (Wildman–Crippen MR) is 91.8 cm³/mol. The fourth-order valence-corrected chi connectivity index (χ4v) is 3.17. The van der Waals surface area contributed by atoms with Crippen molar-refractivity contribution < 1.29 is 9.53 Å². The van der Waals surface area contributed by atoms with Crippen LogP contribution in [0.4, 0.5) is 5.82 Å². The van der Waals surface area contributed by atoms with Crippen LogP contribution in [0, 0.1) is 17.2 Å². The molecule has 0 saturated carbocycles. The number of nitrogens with zero attached hydrogens (tertiary/aromatic N) is 4. The fourth-order valence-electron chi connectivity index (χ4n) is 2.99. The summed E-state index contributed by atoms with van der Waals surface area (Å²) in [4.78, 5) is 22.6. The van der Waals surface area contributed by atoms with Gasteiger partial charge in [0.2, 0.25) is 0 Å². The van der Waals surface area contributed by atoms with Gasteiger partial charge >= 0.3 is 5.97 Å². The first-order chi connectivity index (χ1) is 11.2. The van der Waals surface area contributed by atoms with Crippen molar-refractivity contribution in [2.45, 2.75) is 58.6 Å². The summed E-state index contributed by atoms with van der Waals surface area (Å²) in [6, 6.07) is 2.02. The third-order valence-corrected chi connectivity index (χ3v) is 4.38. The van der Waals surface area contributed by atoms with Crippen molar-refractivity contribution in [1.29, 1.82) is 5.26 Å². The van der Waals surface area contributed by atoms with E-state index in [0.717, 1.165) is 19.4 Å². The van der Waals surface area contributed by atoms with E-state index >= 15 is 0 Å². The first-order valence-electron chi connectivity index (χ1n) is 8.12. The Balaban J connectivity index is 2.10. The summed E-state index contributed by atoms with van der Waals surface area (Å²) in [5.41, 5.74) is -0.351. The highest BCUT2D eigenvalue weighted by Crippen LogP contribution is 2.31. The van der Waals surface area contributed by atoms with Gasteiger partial charge in [-0.15, -0.1) is 0 Å². The number of carbonyl (C=O) groups is 1. The molecule has 1 aromatic heterocycles. The van der Waals surface area contributed by atoms with E-state index in [2.05, 4.69) is 21.8 Å². The topological polar surface area (TPSA) is 79.1 Å². The average molecular weight is 351 g/mol. The molecule has 1 aliphatic heterocycles. The molecule has 0 spiro atoms. The predicted octanol–water partition coefficient (Wildman–Crippen LogP) is 3.34. The summed E-state index contributed by atoms with van der Waals surface area (Å²) < 4.78 is 5.44. The first-order valence-corrected chi connectivity index (χ1v) is 8.50. The molecule has 0 aromatic carbocycles.